The highest BCUT2D eigenvalue weighted by atomic mass is 16.2. The van der Waals surface area contributed by atoms with Crippen LogP contribution in [0.25, 0.3) is 0 Å². The van der Waals surface area contributed by atoms with Crippen LogP contribution in [-0.4, -0.2) is 42.5 Å². The molecule has 0 aliphatic carbocycles. The van der Waals surface area contributed by atoms with E-state index in [1.165, 1.54) is 0 Å². The quantitative estimate of drug-likeness (QED) is 0.511. The molecule has 2 aliphatic heterocycles. The van der Waals surface area contributed by atoms with E-state index >= 15 is 0 Å². The van der Waals surface area contributed by atoms with Gasteiger partial charge < -0.3 is 16.0 Å². The molecule has 0 aromatic heterocycles. The highest BCUT2D eigenvalue weighted by Crippen LogP contribution is 2.23. The van der Waals surface area contributed by atoms with Crippen molar-refractivity contribution in [2.75, 3.05) is 19.6 Å². The lowest BCUT2D eigenvalue weighted by molar-refractivity contribution is -0.132. The van der Waals surface area contributed by atoms with Crippen molar-refractivity contribution in [2.45, 2.75) is 18.5 Å². The van der Waals surface area contributed by atoms with E-state index < -0.39 is 0 Å². The normalized spacial score (nSPS) is 35.4. The molecule has 4 nitrogen and oxygen atoms in total. The minimum Gasteiger partial charge on any atom is -0.336 e. The first-order chi connectivity index (χ1) is 5.33. The number of carbonyl (C=O) groups excluding carboxylic acids is 1. The van der Waals surface area contributed by atoms with Gasteiger partial charge in [0.1, 0.15) is 0 Å². The Hall–Kier alpha value is -0.610. The second-order valence-corrected chi connectivity index (χ2v) is 3.17. The fourth-order valence-corrected chi connectivity index (χ4v) is 1.95. The number of fused-ring (bicyclic) bond motifs is 2. The summed E-state index contributed by atoms with van der Waals surface area (Å²) in [6, 6.07) is 0.530. The fraction of sp³-hybridized carbons (Fsp3) is 0.857. The zero-order chi connectivity index (χ0) is 7.84. The maximum atomic E-state index is 11.4. The molecule has 2 saturated heterocycles. The summed E-state index contributed by atoms with van der Waals surface area (Å²) in [6.07, 6.45) is 0.985. The number of likely N-dealkylation sites (tertiary alicyclic amines) is 1. The van der Waals surface area contributed by atoms with Gasteiger partial charge in [-0.25, -0.2) is 0 Å². The number of hydrogen-bond acceptors (Lipinski definition) is 3. The van der Waals surface area contributed by atoms with Crippen LogP contribution in [0.5, 0.6) is 0 Å². The van der Waals surface area contributed by atoms with E-state index in [-0.39, 0.29) is 11.9 Å². The summed E-state index contributed by atoms with van der Waals surface area (Å²) >= 11 is 0. The van der Waals surface area contributed by atoms with E-state index in [1.54, 1.807) is 0 Å². The van der Waals surface area contributed by atoms with Gasteiger partial charge in [0.05, 0.1) is 6.04 Å². The number of amides is 1. The predicted octanol–water partition coefficient (Wildman–Crippen LogP) is -1.48. The lowest BCUT2D eigenvalue weighted by Gasteiger charge is -2.26. The molecule has 2 fully saturated rings. The minimum absolute atomic E-state index is 0.103. The largest absolute Gasteiger partial charge is 0.336 e. The number of carbonyl (C=O) groups is 1. The van der Waals surface area contributed by atoms with Crippen molar-refractivity contribution in [3.8, 4) is 0 Å². The molecule has 2 unspecified atom stereocenters. The van der Waals surface area contributed by atoms with E-state index in [0.717, 1.165) is 19.5 Å². The summed E-state index contributed by atoms with van der Waals surface area (Å²) in [6.45, 7) is 2.26. The summed E-state index contributed by atoms with van der Waals surface area (Å²) in [5.41, 5.74) is 5.39. The number of piperazine rings is 1. The molecule has 0 saturated carbocycles. The molecule has 2 atom stereocenters. The predicted molar refractivity (Wildman–Crippen MR) is 41.0 cm³/mol. The number of nitrogens with two attached hydrogens (primary N) is 1. The molecule has 2 bridgehead atoms. The maximum absolute atomic E-state index is 11.4. The SMILES string of the molecule is NCCN1C(=O)C2CC1CN2. The third kappa shape index (κ3) is 0.937. The molecule has 3 N–H and O–H groups in total. The Bertz CT molecular complexity index is 183. The van der Waals surface area contributed by atoms with E-state index in [0.29, 0.717) is 12.6 Å². The summed E-state index contributed by atoms with van der Waals surface area (Å²) < 4.78 is 0. The Balaban J connectivity index is 2.05. The summed E-state index contributed by atoms with van der Waals surface area (Å²) in [7, 11) is 0. The third-order valence-corrected chi connectivity index (χ3v) is 2.50. The van der Waals surface area contributed by atoms with Crippen LogP contribution in [0.2, 0.25) is 0 Å². The Morgan fingerprint density at radius 1 is 1.73 bits per heavy atom. The molecule has 2 aliphatic rings. The molecule has 11 heavy (non-hydrogen) atoms. The minimum atomic E-state index is 0.103. The zero-order valence-corrected chi connectivity index (χ0v) is 6.42. The average molecular weight is 155 g/mol. The van der Waals surface area contributed by atoms with Crippen molar-refractivity contribution in [3.05, 3.63) is 0 Å². The molecule has 62 valence electrons. The molecule has 2 heterocycles. The Morgan fingerprint density at radius 2 is 2.55 bits per heavy atom. The number of nitrogens with one attached hydrogen (secondary N) is 1. The van der Waals surface area contributed by atoms with Gasteiger partial charge in [-0.3, -0.25) is 4.79 Å². The summed E-state index contributed by atoms with van der Waals surface area (Å²) in [4.78, 5) is 13.3. The van der Waals surface area contributed by atoms with E-state index in [9.17, 15) is 4.79 Å². The first-order valence-electron chi connectivity index (χ1n) is 4.07. The van der Waals surface area contributed by atoms with Crippen LogP contribution >= 0.6 is 0 Å². The number of hydrogen-bond donors (Lipinski definition) is 2. The molecule has 0 aromatic rings. The molecule has 2 rings (SSSR count). The van der Waals surface area contributed by atoms with E-state index in [1.807, 2.05) is 4.90 Å². The van der Waals surface area contributed by atoms with Gasteiger partial charge in [-0.05, 0) is 6.42 Å². The number of rotatable bonds is 2. The third-order valence-electron chi connectivity index (χ3n) is 2.50. The Labute approximate surface area is 65.7 Å². The van der Waals surface area contributed by atoms with Gasteiger partial charge in [-0.15, -0.1) is 0 Å². The van der Waals surface area contributed by atoms with Crippen molar-refractivity contribution >= 4 is 5.91 Å². The summed E-state index contributed by atoms with van der Waals surface area (Å²) in [5, 5.41) is 3.16. The average Bonchev–Trinajstić information content (AvgIpc) is 2.54. The highest BCUT2D eigenvalue weighted by molar-refractivity contribution is 5.85. The first-order valence-corrected chi connectivity index (χ1v) is 4.07. The van der Waals surface area contributed by atoms with Crippen LogP contribution in [0.4, 0.5) is 0 Å². The van der Waals surface area contributed by atoms with Crippen molar-refractivity contribution in [1.82, 2.24) is 10.2 Å². The van der Waals surface area contributed by atoms with Gasteiger partial charge in [-0.2, -0.15) is 0 Å². The smallest absolute Gasteiger partial charge is 0.240 e. The van der Waals surface area contributed by atoms with Gasteiger partial charge in [0.2, 0.25) is 5.91 Å². The van der Waals surface area contributed by atoms with Crippen LogP contribution in [0.1, 0.15) is 6.42 Å². The number of nitrogens with zero attached hydrogens (tertiary/aromatic N) is 1. The van der Waals surface area contributed by atoms with E-state index in [4.69, 9.17) is 5.73 Å². The van der Waals surface area contributed by atoms with Gasteiger partial charge >= 0.3 is 0 Å². The van der Waals surface area contributed by atoms with Crippen LogP contribution in [-0.2, 0) is 4.79 Å². The van der Waals surface area contributed by atoms with Gasteiger partial charge in [0.25, 0.3) is 0 Å². The van der Waals surface area contributed by atoms with Crippen molar-refractivity contribution in [3.63, 3.8) is 0 Å². The van der Waals surface area contributed by atoms with Gasteiger partial charge in [0, 0.05) is 25.7 Å². The molecule has 1 amide bonds. The highest BCUT2D eigenvalue weighted by Gasteiger charge is 2.43. The molecular weight excluding hydrogens is 142 g/mol. The zero-order valence-electron chi connectivity index (χ0n) is 6.42. The van der Waals surface area contributed by atoms with Crippen molar-refractivity contribution < 1.29 is 4.79 Å². The van der Waals surface area contributed by atoms with Crippen molar-refractivity contribution in [2.24, 2.45) is 5.73 Å². The fourth-order valence-electron chi connectivity index (χ4n) is 1.95. The molecule has 0 spiro atoms. The van der Waals surface area contributed by atoms with E-state index in [2.05, 4.69) is 5.32 Å². The Kier molecular flexibility index (Phi) is 1.58. The van der Waals surface area contributed by atoms with Gasteiger partial charge in [0.15, 0.2) is 0 Å². The standard InChI is InChI=1S/C7H13N3O/c8-1-2-10-5-3-6(7(10)11)9-4-5/h5-6,9H,1-4,8H2. The Morgan fingerprint density at radius 3 is 3.09 bits per heavy atom. The van der Waals surface area contributed by atoms with Crippen molar-refractivity contribution in [1.29, 1.82) is 0 Å². The van der Waals surface area contributed by atoms with Crippen LogP contribution in [0.15, 0.2) is 0 Å². The van der Waals surface area contributed by atoms with Gasteiger partial charge in [-0.1, -0.05) is 0 Å². The topological polar surface area (TPSA) is 58.4 Å². The first kappa shape index (κ1) is 7.06. The monoisotopic (exact) mass is 155 g/mol. The van der Waals surface area contributed by atoms with Crippen LogP contribution in [0, 0.1) is 0 Å². The second kappa shape index (κ2) is 2.46. The maximum Gasteiger partial charge on any atom is 0.240 e. The molecule has 4 heteroatoms. The lowest BCUT2D eigenvalue weighted by atomic mass is 10.2. The summed E-state index contributed by atoms with van der Waals surface area (Å²) in [5.74, 6) is 0.242. The molecular formula is C7H13N3O. The lowest BCUT2D eigenvalue weighted by Crippen LogP contribution is -2.49. The molecule has 0 radical (unpaired) electrons. The molecule has 0 aromatic carbocycles. The van der Waals surface area contributed by atoms with Crippen LogP contribution < -0.4 is 11.1 Å². The second-order valence-electron chi connectivity index (χ2n) is 3.17. The van der Waals surface area contributed by atoms with Crippen LogP contribution in [0.3, 0.4) is 0 Å².